The van der Waals surface area contributed by atoms with Gasteiger partial charge in [0.2, 0.25) is 0 Å². The Kier molecular flexibility index (Phi) is 9.30. The van der Waals surface area contributed by atoms with Crippen LogP contribution in [0, 0.1) is 0 Å². The zero-order valence-corrected chi connectivity index (χ0v) is 17.6. The summed E-state index contributed by atoms with van der Waals surface area (Å²) in [6, 6.07) is 0. The van der Waals surface area contributed by atoms with Crippen molar-refractivity contribution in [2.24, 2.45) is 0 Å². The molecule has 2 rings (SSSR count). The standard InChI is InChI=1S/C15H27O17P/c16-2-4(18)10-8(21)7(20)9(22)13(30-10)29-6-1-15(25,14(23)24)31-11(5(19)3-17)12(6)32-33(26,27)28/h4-13,16-22,25H,1-3H2,(H,23,24)(H2,26,27,28)/t4-,5+,6+,7-,8-,9-,10+,11+,12+,13-,15+/m0/s1. The van der Waals surface area contributed by atoms with Gasteiger partial charge in [-0.2, -0.15) is 0 Å². The van der Waals surface area contributed by atoms with E-state index in [0.29, 0.717) is 0 Å². The molecule has 0 radical (unpaired) electrons. The summed E-state index contributed by atoms with van der Waals surface area (Å²) in [5, 5.41) is 87.9. The highest BCUT2D eigenvalue weighted by atomic mass is 31.2. The van der Waals surface area contributed by atoms with Gasteiger partial charge in [-0.25, -0.2) is 9.36 Å². The molecule has 33 heavy (non-hydrogen) atoms. The Morgan fingerprint density at radius 1 is 1.03 bits per heavy atom. The third-order valence-corrected chi connectivity index (χ3v) is 5.66. The van der Waals surface area contributed by atoms with E-state index < -0.39 is 100 Å². The second-order valence-electron chi connectivity index (χ2n) is 7.55. The van der Waals surface area contributed by atoms with Crippen LogP contribution >= 0.6 is 7.82 Å². The Morgan fingerprint density at radius 2 is 1.58 bits per heavy atom. The number of aliphatic hydroxyl groups excluding tert-OH is 7. The van der Waals surface area contributed by atoms with Crippen LogP contribution < -0.4 is 0 Å². The van der Waals surface area contributed by atoms with Crippen molar-refractivity contribution in [3.63, 3.8) is 0 Å². The maximum Gasteiger partial charge on any atom is 0.470 e. The van der Waals surface area contributed by atoms with Crippen LogP contribution in [0.1, 0.15) is 6.42 Å². The Morgan fingerprint density at radius 3 is 2.06 bits per heavy atom. The molecule has 194 valence electrons. The van der Waals surface area contributed by atoms with Gasteiger partial charge in [0.1, 0.15) is 48.8 Å². The summed E-state index contributed by atoms with van der Waals surface area (Å²) in [5.74, 6) is -5.16. The number of ether oxygens (including phenoxy) is 3. The van der Waals surface area contributed by atoms with Crippen molar-refractivity contribution in [3.05, 3.63) is 0 Å². The van der Waals surface area contributed by atoms with Gasteiger partial charge < -0.3 is 70.0 Å². The Labute approximate surface area is 185 Å². The smallest absolute Gasteiger partial charge is 0.470 e. The first kappa shape index (κ1) is 28.4. The first-order valence-corrected chi connectivity index (χ1v) is 11.0. The van der Waals surface area contributed by atoms with Crippen molar-refractivity contribution in [3.8, 4) is 0 Å². The molecular formula is C15H27O17P. The monoisotopic (exact) mass is 510 g/mol. The summed E-state index contributed by atoms with van der Waals surface area (Å²) in [7, 11) is -5.40. The van der Waals surface area contributed by atoms with Crippen molar-refractivity contribution in [2.45, 2.75) is 73.4 Å². The minimum Gasteiger partial charge on any atom is -0.477 e. The van der Waals surface area contributed by atoms with E-state index in [0.717, 1.165) is 0 Å². The lowest BCUT2D eigenvalue weighted by Gasteiger charge is -2.47. The first-order valence-electron chi connectivity index (χ1n) is 9.45. The molecule has 0 aromatic carbocycles. The lowest BCUT2D eigenvalue weighted by molar-refractivity contribution is -0.357. The third kappa shape index (κ3) is 6.43. The maximum atomic E-state index is 11.5. The van der Waals surface area contributed by atoms with Crippen LogP contribution in [0.15, 0.2) is 0 Å². The molecule has 0 aromatic rings. The van der Waals surface area contributed by atoms with E-state index in [4.69, 9.17) is 19.3 Å². The molecule has 0 aliphatic carbocycles. The predicted molar refractivity (Wildman–Crippen MR) is 96.7 cm³/mol. The summed E-state index contributed by atoms with van der Waals surface area (Å²) >= 11 is 0. The Bertz CT molecular complexity index is 717. The number of carboxylic acids is 1. The zero-order chi connectivity index (χ0) is 25.3. The molecule has 0 amide bonds. The number of hydrogen-bond acceptors (Lipinski definition) is 14. The molecule has 17 nitrogen and oxygen atoms in total. The van der Waals surface area contributed by atoms with Gasteiger partial charge in [-0.1, -0.05) is 0 Å². The molecule has 0 bridgehead atoms. The van der Waals surface area contributed by atoms with Crippen LogP contribution in [0.2, 0.25) is 0 Å². The fourth-order valence-electron chi connectivity index (χ4n) is 3.47. The maximum absolute atomic E-state index is 11.5. The van der Waals surface area contributed by atoms with Crippen LogP contribution in [-0.2, 0) is 28.1 Å². The van der Waals surface area contributed by atoms with Crippen LogP contribution in [0.4, 0.5) is 0 Å². The van der Waals surface area contributed by atoms with E-state index in [1.165, 1.54) is 0 Å². The summed E-state index contributed by atoms with van der Waals surface area (Å²) < 4.78 is 31.3. The Hall–Kier alpha value is -0.860. The predicted octanol–water partition coefficient (Wildman–Crippen LogP) is -6.07. The zero-order valence-electron chi connectivity index (χ0n) is 16.7. The van der Waals surface area contributed by atoms with E-state index in [-0.39, 0.29) is 0 Å². The third-order valence-electron chi connectivity index (χ3n) is 5.14. The van der Waals surface area contributed by atoms with Crippen molar-refractivity contribution in [1.29, 1.82) is 0 Å². The molecule has 2 saturated heterocycles. The molecule has 2 aliphatic rings. The average Bonchev–Trinajstić information content (AvgIpc) is 2.73. The van der Waals surface area contributed by atoms with Gasteiger partial charge in [0.15, 0.2) is 6.29 Å². The van der Waals surface area contributed by atoms with Crippen molar-refractivity contribution < 1.29 is 83.8 Å². The highest BCUT2D eigenvalue weighted by molar-refractivity contribution is 7.46. The molecule has 2 aliphatic heterocycles. The molecule has 11 N–H and O–H groups in total. The lowest BCUT2D eigenvalue weighted by atomic mass is 9.91. The summed E-state index contributed by atoms with van der Waals surface area (Å²) in [6.45, 7) is -2.09. The molecule has 0 aromatic heterocycles. The number of carboxylic acid groups (broad SMARTS) is 1. The quantitative estimate of drug-likeness (QED) is 0.129. The fraction of sp³-hybridized carbons (Fsp3) is 0.933. The molecule has 2 fully saturated rings. The number of hydrogen-bond donors (Lipinski definition) is 11. The molecule has 11 atom stereocenters. The SMILES string of the molecule is O=C(O)[C@@]1(O)C[C@@H](O[C@H]2O[C@H]([C@@H](O)CO)[C@@H](O)[C@H](O)[C@@H]2O)[C@@H](OP(=O)(O)O)[C@@H]([C@H](O)CO)O1. The van der Waals surface area contributed by atoms with E-state index in [9.17, 15) is 60.0 Å². The molecule has 2 heterocycles. The number of rotatable bonds is 9. The minimum atomic E-state index is -5.40. The van der Waals surface area contributed by atoms with Crippen molar-refractivity contribution in [1.82, 2.24) is 0 Å². The van der Waals surface area contributed by atoms with Gasteiger partial charge in [-0.3, -0.25) is 4.52 Å². The van der Waals surface area contributed by atoms with E-state index in [1.54, 1.807) is 0 Å². The summed E-state index contributed by atoms with van der Waals surface area (Å²) in [4.78, 5) is 30.0. The van der Waals surface area contributed by atoms with Gasteiger partial charge in [-0.15, -0.1) is 0 Å². The molecule has 18 heteroatoms. The van der Waals surface area contributed by atoms with E-state index in [1.807, 2.05) is 0 Å². The van der Waals surface area contributed by atoms with Gasteiger partial charge in [-0.05, 0) is 0 Å². The minimum absolute atomic E-state index is 0.956. The first-order chi connectivity index (χ1) is 15.1. The second kappa shape index (κ2) is 10.8. The number of aliphatic carboxylic acids is 1. The topological polar surface area (TPSA) is 294 Å². The van der Waals surface area contributed by atoms with E-state index >= 15 is 0 Å². The van der Waals surface area contributed by atoms with Gasteiger partial charge in [0.05, 0.1) is 19.3 Å². The number of carbonyl (C=O) groups is 1. The molecule has 0 spiro atoms. The average molecular weight is 510 g/mol. The second-order valence-corrected chi connectivity index (χ2v) is 8.74. The van der Waals surface area contributed by atoms with Gasteiger partial charge in [0.25, 0.3) is 5.79 Å². The summed E-state index contributed by atoms with van der Waals surface area (Å²) in [5.41, 5.74) is 0. The lowest BCUT2D eigenvalue weighted by Crippen LogP contribution is -2.66. The van der Waals surface area contributed by atoms with Gasteiger partial charge >= 0.3 is 13.8 Å². The number of phosphoric ester groups is 1. The highest BCUT2D eigenvalue weighted by Gasteiger charge is 2.57. The molecule has 0 unspecified atom stereocenters. The largest absolute Gasteiger partial charge is 0.477 e. The van der Waals surface area contributed by atoms with Crippen molar-refractivity contribution >= 4 is 13.8 Å². The van der Waals surface area contributed by atoms with E-state index in [2.05, 4.69) is 4.52 Å². The van der Waals surface area contributed by atoms with Crippen molar-refractivity contribution in [2.75, 3.05) is 13.2 Å². The normalized spacial score (nSPS) is 42.0. The molecular weight excluding hydrogens is 483 g/mol. The van der Waals surface area contributed by atoms with Gasteiger partial charge in [0, 0.05) is 6.42 Å². The number of phosphoric acid groups is 1. The summed E-state index contributed by atoms with van der Waals surface area (Å²) in [6.07, 6.45) is -20.9. The van der Waals surface area contributed by atoms with Crippen LogP contribution in [0.25, 0.3) is 0 Å². The van der Waals surface area contributed by atoms with Crippen LogP contribution in [-0.4, -0.2) is 142 Å². The van der Waals surface area contributed by atoms with Crippen LogP contribution in [0.5, 0.6) is 0 Å². The fourth-order valence-corrected chi connectivity index (χ4v) is 4.04. The Balaban J connectivity index is 2.42. The number of aliphatic hydroxyl groups is 8. The highest BCUT2D eigenvalue weighted by Crippen LogP contribution is 2.44. The molecule has 0 saturated carbocycles. The van der Waals surface area contributed by atoms with Crippen LogP contribution in [0.3, 0.4) is 0 Å².